The number of nitriles is 1. The van der Waals surface area contributed by atoms with Crippen LogP contribution in [0.2, 0.25) is 0 Å². The molecular formula is C28H34N8O5S. The van der Waals surface area contributed by atoms with Gasteiger partial charge in [0, 0.05) is 56.3 Å². The number of aromatic nitrogens is 2. The van der Waals surface area contributed by atoms with Gasteiger partial charge < -0.3 is 15.0 Å². The Kier molecular flexibility index (Phi) is 10.7. The number of aldehydes is 1. The lowest BCUT2D eigenvalue weighted by Gasteiger charge is -2.33. The number of hydrogen-bond donors (Lipinski definition) is 2. The highest BCUT2D eigenvalue weighted by Crippen LogP contribution is 2.29. The lowest BCUT2D eigenvalue weighted by Crippen LogP contribution is -2.48. The fraction of sp³-hybridized carbons (Fsp3) is 0.464. The summed E-state index contributed by atoms with van der Waals surface area (Å²) < 4.78 is 4.91. The molecule has 1 saturated heterocycles. The molecule has 42 heavy (non-hydrogen) atoms. The molecule has 0 saturated carbocycles. The van der Waals surface area contributed by atoms with Crippen molar-refractivity contribution in [1.82, 2.24) is 19.8 Å². The molecule has 2 aromatic rings. The number of anilines is 3. The molecule has 0 unspecified atom stereocenters. The summed E-state index contributed by atoms with van der Waals surface area (Å²) in [6, 6.07) is 5.07. The lowest BCUT2D eigenvalue weighted by atomic mass is 10.0. The van der Waals surface area contributed by atoms with Gasteiger partial charge in [0.15, 0.2) is 6.29 Å². The monoisotopic (exact) mass is 594 g/mol. The van der Waals surface area contributed by atoms with E-state index in [0.29, 0.717) is 86.8 Å². The molecule has 2 aromatic heterocycles. The first kappa shape index (κ1) is 30.7. The molecule has 0 radical (unpaired) electrons. The molecule has 0 atom stereocenters. The first-order valence-corrected chi connectivity index (χ1v) is 14.9. The zero-order valence-corrected chi connectivity index (χ0v) is 24.5. The third-order valence-corrected chi connectivity index (χ3v) is 7.78. The summed E-state index contributed by atoms with van der Waals surface area (Å²) in [7, 11) is 1.90. The number of rotatable bonds is 11. The third kappa shape index (κ3) is 7.74. The molecule has 0 aliphatic carbocycles. The molecule has 0 aromatic carbocycles. The zero-order valence-electron chi connectivity index (χ0n) is 23.7. The van der Waals surface area contributed by atoms with Gasteiger partial charge in [0.05, 0.1) is 30.2 Å². The fourth-order valence-corrected chi connectivity index (χ4v) is 5.38. The quantitative estimate of drug-likeness (QED) is 0.223. The van der Waals surface area contributed by atoms with E-state index in [2.05, 4.69) is 26.7 Å². The van der Waals surface area contributed by atoms with Crippen molar-refractivity contribution in [3.05, 3.63) is 40.7 Å². The van der Waals surface area contributed by atoms with Crippen LogP contribution in [-0.2, 0) is 27.3 Å². The Labute approximate surface area is 248 Å². The van der Waals surface area contributed by atoms with Gasteiger partial charge in [-0.3, -0.25) is 29.5 Å². The number of nitrogens with one attached hydrogen (secondary N) is 2. The highest BCUT2D eigenvalue weighted by atomic mass is 32.2. The van der Waals surface area contributed by atoms with E-state index in [1.165, 1.54) is 22.9 Å². The Bertz CT molecular complexity index is 1380. The summed E-state index contributed by atoms with van der Waals surface area (Å²) in [5.41, 5.74) is 2.50. The number of ether oxygens (including phenoxy) is 1. The molecule has 4 rings (SSSR count). The predicted molar refractivity (Wildman–Crippen MR) is 159 cm³/mol. The number of amides is 3. The number of nitrogens with zero attached hydrogens (tertiary/aromatic N) is 6. The van der Waals surface area contributed by atoms with Crippen LogP contribution >= 0.6 is 11.8 Å². The number of likely N-dealkylation sites (N-methyl/N-ethyl adjacent to an activating group) is 1. The second-order valence-corrected chi connectivity index (χ2v) is 11.0. The molecule has 4 heterocycles. The predicted octanol–water partition coefficient (Wildman–Crippen LogP) is 2.13. The van der Waals surface area contributed by atoms with Crippen LogP contribution in [0, 0.1) is 11.3 Å². The van der Waals surface area contributed by atoms with Crippen molar-refractivity contribution in [3.63, 3.8) is 0 Å². The number of fused-ring (bicyclic) bond motifs is 1. The zero-order chi connectivity index (χ0) is 30.1. The number of piperazine rings is 1. The number of thioether (sulfide) groups is 1. The van der Waals surface area contributed by atoms with Crippen molar-refractivity contribution in [3.8, 4) is 6.07 Å². The highest BCUT2D eigenvalue weighted by Gasteiger charge is 2.28. The van der Waals surface area contributed by atoms with Gasteiger partial charge in [-0.25, -0.2) is 14.8 Å². The number of urea groups is 1. The van der Waals surface area contributed by atoms with Crippen molar-refractivity contribution in [1.29, 1.82) is 5.26 Å². The van der Waals surface area contributed by atoms with Crippen molar-refractivity contribution in [2.24, 2.45) is 0 Å². The first-order chi connectivity index (χ1) is 20.3. The van der Waals surface area contributed by atoms with E-state index in [1.54, 1.807) is 17.9 Å². The minimum absolute atomic E-state index is 0.00136. The molecule has 2 N–H and O–H groups in total. The topological polar surface area (TPSA) is 161 Å². The second kappa shape index (κ2) is 14.6. The van der Waals surface area contributed by atoms with Crippen molar-refractivity contribution in [2.75, 3.05) is 73.4 Å². The molecular weight excluding hydrogens is 560 g/mol. The van der Waals surface area contributed by atoms with E-state index in [-0.39, 0.29) is 29.1 Å². The van der Waals surface area contributed by atoms with E-state index in [9.17, 15) is 24.4 Å². The molecule has 2 aliphatic rings. The Morgan fingerprint density at radius 1 is 1.26 bits per heavy atom. The van der Waals surface area contributed by atoms with Crippen LogP contribution in [0.1, 0.15) is 40.5 Å². The van der Waals surface area contributed by atoms with Gasteiger partial charge >= 0.3 is 12.0 Å². The number of hydrogen-bond acceptors (Lipinski definition) is 11. The molecule has 0 bridgehead atoms. The largest absolute Gasteiger partial charge is 0.465 e. The number of carbonyl (C=O) groups excluding carboxylic acids is 4. The Morgan fingerprint density at radius 3 is 2.83 bits per heavy atom. The lowest BCUT2D eigenvalue weighted by molar-refractivity contribution is -0.140. The van der Waals surface area contributed by atoms with Gasteiger partial charge in [0.2, 0.25) is 5.91 Å². The summed E-state index contributed by atoms with van der Waals surface area (Å²) in [6.45, 7) is 4.93. The SMILES string of the molecule is CCOC(=O)CSCCNc1cc(NC(=O)N2CCCc3cc(CN4CCN(C)CC4=O)c(C=O)nc32)ncc1C#N. The number of esters is 1. The Hall–Kier alpha value is -4.22. The van der Waals surface area contributed by atoms with Gasteiger partial charge in [0.1, 0.15) is 23.4 Å². The summed E-state index contributed by atoms with van der Waals surface area (Å²) in [6.07, 6.45) is 3.42. The normalized spacial score (nSPS) is 15.0. The molecule has 222 valence electrons. The highest BCUT2D eigenvalue weighted by molar-refractivity contribution is 7.99. The van der Waals surface area contributed by atoms with Gasteiger partial charge in [-0.15, -0.1) is 11.8 Å². The van der Waals surface area contributed by atoms with Crippen LogP contribution in [0.5, 0.6) is 0 Å². The third-order valence-electron chi connectivity index (χ3n) is 6.85. The van der Waals surface area contributed by atoms with E-state index in [1.807, 2.05) is 18.0 Å². The van der Waals surface area contributed by atoms with Crippen LogP contribution in [0.4, 0.5) is 22.1 Å². The van der Waals surface area contributed by atoms with E-state index in [0.717, 1.165) is 12.1 Å². The van der Waals surface area contributed by atoms with Crippen LogP contribution < -0.4 is 15.5 Å². The van der Waals surface area contributed by atoms with Crippen LogP contribution in [0.3, 0.4) is 0 Å². The summed E-state index contributed by atoms with van der Waals surface area (Å²) in [4.78, 5) is 63.2. The van der Waals surface area contributed by atoms with E-state index < -0.39 is 6.03 Å². The minimum Gasteiger partial charge on any atom is -0.465 e. The average molecular weight is 595 g/mol. The van der Waals surface area contributed by atoms with Crippen LogP contribution in [0.25, 0.3) is 0 Å². The summed E-state index contributed by atoms with van der Waals surface area (Å²) in [5.74, 6) is 1.22. The van der Waals surface area contributed by atoms with E-state index >= 15 is 0 Å². The first-order valence-electron chi connectivity index (χ1n) is 13.7. The van der Waals surface area contributed by atoms with Gasteiger partial charge in [-0.2, -0.15) is 5.26 Å². The fourth-order valence-electron chi connectivity index (χ4n) is 4.74. The Balaban J connectivity index is 1.43. The van der Waals surface area contributed by atoms with Crippen molar-refractivity contribution >= 4 is 53.3 Å². The number of aryl methyl sites for hydroxylation is 1. The maximum absolute atomic E-state index is 13.3. The molecule has 13 nitrogen and oxygen atoms in total. The van der Waals surface area contributed by atoms with E-state index in [4.69, 9.17) is 4.74 Å². The van der Waals surface area contributed by atoms with Crippen LogP contribution in [0.15, 0.2) is 18.3 Å². The van der Waals surface area contributed by atoms with Gasteiger partial charge in [0.25, 0.3) is 0 Å². The molecule has 14 heteroatoms. The Morgan fingerprint density at radius 2 is 2.10 bits per heavy atom. The minimum atomic E-state index is -0.463. The average Bonchev–Trinajstić information content (AvgIpc) is 2.98. The standard InChI is InChI=1S/C28H34N8O5S/c1-3-41-26(39)18-42-10-6-30-22-12-24(31-14-21(22)13-29)33-28(40)36-7-4-5-19-11-20(23(17-37)32-27(19)36)15-35-9-8-34(2)16-25(35)38/h11-12,14,17H,3-10,15-16,18H2,1-2H3,(H2,30,31,33,40). The van der Waals surface area contributed by atoms with Crippen molar-refractivity contribution < 1.29 is 23.9 Å². The number of carbonyl (C=O) groups is 4. The molecule has 2 aliphatic heterocycles. The van der Waals surface area contributed by atoms with Gasteiger partial charge in [-0.05, 0) is 38.4 Å². The van der Waals surface area contributed by atoms with Crippen molar-refractivity contribution in [2.45, 2.75) is 26.3 Å². The second-order valence-electron chi connectivity index (χ2n) is 9.88. The maximum atomic E-state index is 13.3. The van der Waals surface area contributed by atoms with Crippen LogP contribution in [-0.4, -0.2) is 102 Å². The smallest absolute Gasteiger partial charge is 0.328 e. The molecule has 0 spiro atoms. The number of pyridine rings is 2. The maximum Gasteiger partial charge on any atom is 0.328 e. The summed E-state index contributed by atoms with van der Waals surface area (Å²) >= 11 is 1.41. The summed E-state index contributed by atoms with van der Waals surface area (Å²) in [5, 5.41) is 15.4. The molecule has 3 amide bonds. The van der Waals surface area contributed by atoms with Gasteiger partial charge in [-0.1, -0.05) is 0 Å². The molecule has 1 fully saturated rings.